The van der Waals surface area contributed by atoms with Gasteiger partial charge >= 0.3 is 6.02 Å². The molecule has 0 fully saturated rings. The highest BCUT2D eigenvalue weighted by Crippen LogP contribution is 2.41. The van der Waals surface area contributed by atoms with Crippen LogP contribution in [0.5, 0.6) is 0 Å². The number of ether oxygens (including phenoxy) is 1. The summed E-state index contributed by atoms with van der Waals surface area (Å²) in [6.45, 7) is 0. The van der Waals surface area contributed by atoms with E-state index in [1.54, 1.807) is 13.2 Å². The Kier molecular flexibility index (Phi) is 4.43. The fraction of sp³-hybridized carbons (Fsp3) is 0.250. The molecule has 5 rings (SSSR count). The van der Waals surface area contributed by atoms with E-state index in [0.29, 0.717) is 11.9 Å². The van der Waals surface area contributed by atoms with Crippen molar-refractivity contribution in [2.75, 3.05) is 7.11 Å². The number of methoxy groups -OCH3 is 1. The van der Waals surface area contributed by atoms with E-state index in [1.165, 1.54) is 22.3 Å². The molecule has 0 saturated heterocycles. The maximum Gasteiger partial charge on any atom is 0.315 e. The average molecular weight is 385 g/mol. The molecular formula is C24H23N3O2. The second-order valence-electron chi connectivity index (χ2n) is 7.53. The van der Waals surface area contributed by atoms with Gasteiger partial charge in [0, 0.05) is 11.5 Å². The summed E-state index contributed by atoms with van der Waals surface area (Å²) in [6.07, 6.45) is 5.98. The van der Waals surface area contributed by atoms with Gasteiger partial charge in [-0.1, -0.05) is 54.6 Å². The van der Waals surface area contributed by atoms with E-state index in [-0.39, 0.29) is 17.8 Å². The molecule has 0 spiro atoms. The molecule has 0 aromatic heterocycles. The van der Waals surface area contributed by atoms with Crippen molar-refractivity contribution in [3.63, 3.8) is 0 Å². The molecule has 5 heteroatoms. The largest absolute Gasteiger partial charge is 0.508 e. The maximum atomic E-state index is 10.4. The summed E-state index contributed by atoms with van der Waals surface area (Å²) in [5.74, 6) is 1.05. The third-order valence-corrected chi connectivity index (χ3v) is 5.84. The number of allylic oxidation sites excluding steroid dienone is 2. The first kappa shape index (κ1) is 17.7. The standard InChI is InChI=1S/C24H23N3O2/c1-29-24-26-22(19-12-6-7-13-21(19)28)25-23(27-24)20-14-15-8-2-3-9-16(15)17-10-4-5-11-18(17)20/h2-5,7-11,13,20,23,28H,6,12,14H2,1H3,(H,25,26,27). The van der Waals surface area contributed by atoms with Crippen molar-refractivity contribution in [1.82, 2.24) is 5.32 Å². The number of fused-ring (bicyclic) bond motifs is 3. The number of hydrogen-bond acceptors (Lipinski definition) is 5. The predicted octanol–water partition coefficient (Wildman–Crippen LogP) is 4.49. The predicted molar refractivity (Wildman–Crippen MR) is 115 cm³/mol. The quantitative estimate of drug-likeness (QED) is 0.801. The Labute approximate surface area is 170 Å². The molecule has 1 heterocycles. The molecule has 2 unspecified atom stereocenters. The molecule has 146 valence electrons. The Morgan fingerprint density at radius 2 is 1.86 bits per heavy atom. The summed E-state index contributed by atoms with van der Waals surface area (Å²) in [5, 5.41) is 13.8. The number of rotatable bonds is 2. The summed E-state index contributed by atoms with van der Waals surface area (Å²) in [6, 6.07) is 17.4. The Morgan fingerprint density at radius 1 is 1.07 bits per heavy atom. The zero-order chi connectivity index (χ0) is 19.8. The molecule has 0 bridgehead atoms. The summed E-state index contributed by atoms with van der Waals surface area (Å²) in [4.78, 5) is 9.24. The van der Waals surface area contributed by atoms with Gasteiger partial charge in [-0.25, -0.2) is 4.99 Å². The van der Waals surface area contributed by atoms with Gasteiger partial charge in [0.2, 0.25) is 0 Å². The van der Waals surface area contributed by atoms with Crippen LogP contribution in [0.3, 0.4) is 0 Å². The minimum atomic E-state index is -0.224. The van der Waals surface area contributed by atoms with Crippen LogP contribution in [0.25, 0.3) is 11.1 Å². The van der Waals surface area contributed by atoms with Crippen LogP contribution < -0.4 is 5.32 Å². The molecule has 0 radical (unpaired) electrons. The van der Waals surface area contributed by atoms with Gasteiger partial charge in [0.15, 0.2) is 0 Å². The van der Waals surface area contributed by atoms with Crippen LogP contribution in [0.4, 0.5) is 0 Å². The Hall–Kier alpha value is -3.34. The van der Waals surface area contributed by atoms with Crippen LogP contribution in [0.15, 0.2) is 82.0 Å². The minimum absolute atomic E-state index is 0.138. The second-order valence-corrected chi connectivity index (χ2v) is 7.53. The van der Waals surface area contributed by atoms with Gasteiger partial charge in [-0.3, -0.25) is 0 Å². The molecule has 29 heavy (non-hydrogen) atoms. The lowest BCUT2D eigenvalue weighted by atomic mass is 9.77. The molecule has 3 aliphatic rings. The maximum absolute atomic E-state index is 10.4. The molecule has 0 amide bonds. The Bertz CT molecular complexity index is 1080. The zero-order valence-corrected chi connectivity index (χ0v) is 16.3. The molecule has 2 aromatic rings. The molecule has 2 atom stereocenters. The van der Waals surface area contributed by atoms with Crippen LogP contribution in [-0.2, 0) is 11.2 Å². The number of amidine groups is 2. The van der Waals surface area contributed by atoms with E-state index in [1.807, 2.05) is 6.08 Å². The number of aliphatic hydroxyl groups is 1. The van der Waals surface area contributed by atoms with Crippen molar-refractivity contribution < 1.29 is 9.84 Å². The van der Waals surface area contributed by atoms with E-state index in [2.05, 4.69) is 58.8 Å². The first-order valence-corrected chi connectivity index (χ1v) is 9.98. The van der Waals surface area contributed by atoms with Gasteiger partial charge in [-0.05, 0) is 47.6 Å². The van der Waals surface area contributed by atoms with Gasteiger partial charge in [-0.15, -0.1) is 0 Å². The van der Waals surface area contributed by atoms with Gasteiger partial charge in [-0.2, -0.15) is 4.99 Å². The van der Waals surface area contributed by atoms with E-state index < -0.39 is 0 Å². The number of benzene rings is 2. The normalized spacial score (nSPS) is 22.8. The fourth-order valence-corrected chi connectivity index (χ4v) is 4.44. The first-order chi connectivity index (χ1) is 14.2. The third-order valence-electron chi connectivity index (χ3n) is 5.84. The van der Waals surface area contributed by atoms with Gasteiger partial charge < -0.3 is 15.2 Å². The number of hydrogen-bond donors (Lipinski definition) is 2. The highest BCUT2D eigenvalue weighted by molar-refractivity contribution is 6.06. The van der Waals surface area contributed by atoms with Crippen molar-refractivity contribution in [1.29, 1.82) is 0 Å². The van der Waals surface area contributed by atoms with Gasteiger partial charge in [0.25, 0.3) is 0 Å². The van der Waals surface area contributed by atoms with Crippen LogP contribution in [0, 0.1) is 0 Å². The number of nitrogens with zero attached hydrogens (tertiary/aromatic N) is 2. The van der Waals surface area contributed by atoms with Crippen molar-refractivity contribution in [3.05, 3.63) is 83.1 Å². The smallest absolute Gasteiger partial charge is 0.315 e. The molecule has 5 nitrogen and oxygen atoms in total. The van der Waals surface area contributed by atoms with Gasteiger partial charge in [0.1, 0.15) is 17.8 Å². The summed E-state index contributed by atoms with van der Waals surface area (Å²) < 4.78 is 5.43. The molecule has 2 aliphatic carbocycles. The first-order valence-electron chi connectivity index (χ1n) is 9.98. The third kappa shape index (κ3) is 3.12. The van der Waals surface area contributed by atoms with E-state index in [4.69, 9.17) is 9.73 Å². The number of aliphatic hydroxyl groups excluding tert-OH is 1. The van der Waals surface area contributed by atoms with Gasteiger partial charge in [0.05, 0.1) is 7.11 Å². The Morgan fingerprint density at radius 3 is 2.69 bits per heavy atom. The summed E-state index contributed by atoms with van der Waals surface area (Å²) >= 11 is 0. The second kappa shape index (κ2) is 7.24. The number of aliphatic imine (C=N–C) groups is 2. The van der Waals surface area contributed by atoms with Crippen LogP contribution in [-0.4, -0.2) is 30.2 Å². The van der Waals surface area contributed by atoms with Crippen LogP contribution in [0.2, 0.25) is 0 Å². The highest BCUT2D eigenvalue weighted by atomic mass is 16.5. The lowest BCUT2D eigenvalue weighted by Gasteiger charge is -2.34. The van der Waals surface area contributed by atoms with E-state index in [9.17, 15) is 5.11 Å². The minimum Gasteiger partial charge on any atom is -0.508 e. The molecule has 1 aliphatic heterocycles. The summed E-state index contributed by atoms with van der Waals surface area (Å²) in [5.41, 5.74) is 5.94. The average Bonchev–Trinajstić information content (AvgIpc) is 2.78. The van der Waals surface area contributed by atoms with E-state index >= 15 is 0 Å². The SMILES string of the molecule is COC1=NC(C2Cc3ccccc3-c3ccccc32)NC(C2=C(O)C=CCC2)=N1. The van der Waals surface area contributed by atoms with Crippen molar-refractivity contribution in [2.45, 2.75) is 31.3 Å². The number of nitrogens with one attached hydrogen (secondary N) is 1. The topological polar surface area (TPSA) is 66.2 Å². The monoisotopic (exact) mass is 385 g/mol. The molecule has 2 aromatic carbocycles. The lowest BCUT2D eigenvalue weighted by molar-refractivity contribution is 0.376. The molecule has 2 N–H and O–H groups in total. The van der Waals surface area contributed by atoms with Crippen molar-refractivity contribution in [3.8, 4) is 11.1 Å². The van der Waals surface area contributed by atoms with Crippen LogP contribution in [0.1, 0.15) is 29.9 Å². The highest BCUT2D eigenvalue weighted by Gasteiger charge is 2.34. The van der Waals surface area contributed by atoms with E-state index in [0.717, 1.165) is 24.8 Å². The van der Waals surface area contributed by atoms with Crippen LogP contribution >= 0.6 is 0 Å². The molecule has 0 saturated carbocycles. The fourth-order valence-electron chi connectivity index (χ4n) is 4.44. The lowest BCUT2D eigenvalue weighted by Crippen LogP contribution is -2.44. The van der Waals surface area contributed by atoms with Crippen molar-refractivity contribution in [2.24, 2.45) is 9.98 Å². The summed E-state index contributed by atoms with van der Waals surface area (Å²) in [7, 11) is 1.58. The zero-order valence-electron chi connectivity index (χ0n) is 16.3. The van der Waals surface area contributed by atoms with Crippen molar-refractivity contribution >= 4 is 11.9 Å². The Balaban J connectivity index is 1.55. The molecular weight excluding hydrogens is 362 g/mol.